The molecule has 1 fully saturated rings. The van der Waals surface area contributed by atoms with Crippen molar-refractivity contribution in [3.63, 3.8) is 0 Å². The molecule has 0 saturated carbocycles. The fourth-order valence-electron chi connectivity index (χ4n) is 4.12. The van der Waals surface area contributed by atoms with Crippen LogP contribution in [0.3, 0.4) is 0 Å². The first-order chi connectivity index (χ1) is 16.4. The molecule has 0 aliphatic carbocycles. The van der Waals surface area contributed by atoms with Crippen LogP contribution in [-0.4, -0.2) is 16.1 Å². The smallest absolute Gasteiger partial charge is 0.255 e. The lowest BCUT2D eigenvalue weighted by Crippen LogP contribution is -2.26. The van der Waals surface area contributed by atoms with Gasteiger partial charge in [0.2, 0.25) is 5.89 Å². The van der Waals surface area contributed by atoms with Crippen molar-refractivity contribution in [3.05, 3.63) is 94.2 Å². The third kappa shape index (κ3) is 4.03. The van der Waals surface area contributed by atoms with Gasteiger partial charge in [0.15, 0.2) is 5.76 Å². The minimum atomic E-state index is -0.920. The van der Waals surface area contributed by atoms with E-state index in [1.54, 1.807) is 0 Å². The van der Waals surface area contributed by atoms with E-state index in [1.807, 2.05) is 0 Å². The molecular formula is C25H19F4N3O2. The molecule has 1 atom stereocenters. The number of hydrogen-bond donors (Lipinski definition) is 1. The molecule has 0 amide bonds. The molecule has 1 N–H and O–H groups in total. The SMILES string of the molecule is O=c1ccc(-c2nc([C@@H]3CCCCN3)oc2-c2ccc(F)cc2F)cn1-c1c(F)cccc1F. The van der Waals surface area contributed by atoms with Gasteiger partial charge in [-0.25, -0.2) is 22.5 Å². The number of benzene rings is 2. The zero-order valence-corrected chi connectivity index (χ0v) is 17.8. The second kappa shape index (κ2) is 8.90. The maximum absolute atomic E-state index is 14.7. The maximum Gasteiger partial charge on any atom is 0.255 e. The molecule has 0 spiro atoms. The zero-order valence-electron chi connectivity index (χ0n) is 17.8. The van der Waals surface area contributed by atoms with Crippen molar-refractivity contribution in [2.45, 2.75) is 25.3 Å². The molecule has 0 unspecified atom stereocenters. The standard InChI is InChI=1S/C25H19F4N3O2/c26-15-8-9-16(19(29)12-15)24-22(31-25(34-24)20-6-1-2-11-30-20)14-7-10-21(33)32(13-14)23-17(27)4-3-5-18(23)28/h3-5,7-10,12-13,20,30H,1-2,6,11H2/t20-/m0/s1. The summed E-state index contributed by atoms with van der Waals surface area (Å²) in [5.41, 5.74) is -0.799. The third-order valence-corrected chi connectivity index (χ3v) is 5.79. The maximum atomic E-state index is 14.7. The number of oxazole rings is 1. The molecule has 5 rings (SSSR count). The summed E-state index contributed by atoms with van der Waals surface area (Å²) < 4.78 is 63.8. The van der Waals surface area contributed by atoms with Crippen molar-refractivity contribution in [2.75, 3.05) is 6.54 Å². The van der Waals surface area contributed by atoms with E-state index in [2.05, 4.69) is 10.3 Å². The van der Waals surface area contributed by atoms with Crippen LogP contribution in [0.1, 0.15) is 31.2 Å². The number of nitrogens with zero attached hydrogens (tertiary/aromatic N) is 2. The van der Waals surface area contributed by atoms with Crippen molar-refractivity contribution >= 4 is 0 Å². The molecular weight excluding hydrogens is 450 g/mol. The van der Waals surface area contributed by atoms with Crippen LogP contribution >= 0.6 is 0 Å². The van der Waals surface area contributed by atoms with Gasteiger partial charge in [-0.2, -0.15) is 0 Å². The Hall–Kier alpha value is -3.72. The van der Waals surface area contributed by atoms with E-state index in [1.165, 1.54) is 24.4 Å². The van der Waals surface area contributed by atoms with E-state index < -0.39 is 34.5 Å². The lowest BCUT2D eigenvalue weighted by Gasteiger charge is -2.20. The van der Waals surface area contributed by atoms with Gasteiger partial charge in [-0.15, -0.1) is 0 Å². The van der Waals surface area contributed by atoms with Crippen LogP contribution in [0.4, 0.5) is 17.6 Å². The van der Waals surface area contributed by atoms with E-state index in [9.17, 15) is 22.4 Å². The number of rotatable bonds is 4. The lowest BCUT2D eigenvalue weighted by atomic mass is 10.1. The molecule has 5 nitrogen and oxygen atoms in total. The van der Waals surface area contributed by atoms with E-state index in [0.29, 0.717) is 5.89 Å². The van der Waals surface area contributed by atoms with Gasteiger partial charge in [0.1, 0.15) is 34.7 Å². The molecule has 1 aliphatic heterocycles. The van der Waals surface area contributed by atoms with E-state index in [4.69, 9.17) is 4.42 Å². The van der Waals surface area contributed by atoms with E-state index >= 15 is 0 Å². The van der Waals surface area contributed by atoms with Gasteiger partial charge in [-0.05, 0) is 49.7 Å². The molecule has 0 bridgehead atoms. The van der Waals surface area contributed by atoms with Crippen molar-refractivity contribution in [1.29, 1.82) is 0 Å². The summed E-state index contributed by atoms with van der Waals surface area (Å²) >= 11 is 0. The molecule has 1 aliphatic rings. The van der Waals surface area contributed by atoms with E-state index in [-0.39, 0.29) is 28.6 Å². The number of pyridine rings is 1. The highest BCUT2D eigenvalue weighted by Crippen LogP contribution is 2.37. The summed E-state index contributed by atoms with van der Waals surface area (Å²) in [4.78, 5) is 17.0. The van der Waals surface area contributed by atoms with Gasteiger partial charge < -0.3 is 9.73 Å². The number of halogens is 4. The first kappa shape index (κ1) is 22.1. The summed E-state index contributed by atoms with van der Waals surface area (Å²) in [6.07, 6.45) is 3.94. The normalized spacial score (nSPS) is 16.1. The molecule has 2 aromatic heterocycles. The van der Waals surface area contributed by atoms with Crippen LogP contribution in [0, 0.1) is 23.3 Å². The van der Waals surface area contributed by atoms with Crippen molar-refractivity contribution < 1.29 is 22.0 Å². The summed E-state index contributed by atoms with van der Waals surface area (Å²) in [6.45, 7) is 0.764. The third-order valence-electron chi connectivity index (χ3n) is 5.79. The van der Waals surface area contributed by atoms with Crippen LogP contribution in [0.25, 0.3) is 28.3 Å². The Kier molecular flexibility index (Phi) is 5.79. The molecule has 34 heavy (non-hydrogen) atoms. The van der Waals surface area contributed by atoms with Gasteiger partial charge in [-0.3, -0.25) is 9.36 Å². The van der Waals surface area contributed by atoms with Gasteiger partial charge >= 0.3 is 0 Å². The van der Waals surface area contributed by atoms with Gasteiger partial charge in [0.05, 0.1) is 11.6 Å². The Morgan fingerprint density at radius 3 is 2.47 bits per heavy atom. The zero-order chi connectivity index (χ0) is 23.8. The molecule has 174 valence electrons. The van der Waals surface area contributed by atoms with Crippen LogP contribution in [0.15, 0.2) is 63.9 Å². The predicted molar refractivity (Wildman–Crippen MR) is 117 cm³/mol. The Balaban J connectivity index is 1.70. The number of para-hydroxylation sites is 1. The second-order valence-electron chi connectivity index (χ2n) is 8.05. The molecule has 3 heterocycles. The summed E-state index contributed by atoms with van der Waals surface area (Å²) in [5.74, 6) is -3.11. The van der Waals surface area contributed by atoms with Crippen LogP contribution in [0.5, 0.6) is 0 Å². The minimum Gasteiger partial charge on any atom is -0.438 e. The topological polar surface area (TPSA) is 60.1 Å². The predicted octanol–water partition coefficient (Wildman–Crippen LogP) is 5.53. The number of hydrogen-bond acceptors (Lipinski definition) is 4. The largest absolute Gasteiger partial charge is 0.438 e. The number of nitrogens with one attached hydrogen (secondary N) is 1. The summed E-state index contributed by atoms with van der Waals surface area (Å²) in [6, 6.07) is 8.69. The highest BCUT2D eigenvalue weighted by Gasteiger charge is 2.26. The van der Waals surface area contributed by atoms with Gasteiger partial charge in [0, 0.05) is 23.9 Å². The Morgan fingerprint density at radius 1 is 0.971 bits per heavy atom. The van der Waals surface area contributed by atoms with Crippen LogP contribution in [0.2, 0.25) is 0 Å². The Bertz CT molecular complexity index is 1400. The van der Waals surface area contributed by atoms with Crippen molar-refractivity contribution in [1.82, 2.24) is 14.9 Å². The Labute approximate surface area is 191 Å². The van der Waals surface area contributed by atoms with Gasteiger partial charge in [-0.1, -0.05) is 12.5 Å². The quantitative estimate of drug-likeness (QED) is 0.399. The fourth-order valence-corrected chi connectivity index (χ4v) is 4.12. The fraction of sp³-hybridized carbons (Fsp3) is 0.200. The molecule has 0 radical (unpaired) electrons. The minimum absolute atomic E-state index is 0.0269. The van der Waals surface area contributed by atoms with E-state index in [0.717, 1.165) is 60.7 Å². The highest BCUT2D eigenvalue weighted by molar-refractivity contribution is 5.77. The molecule has 2 aromatic carbocycles. The van der Waals surface area contributed by atoms with Crippen molar-refractivity contribution in [2.24, 2.45) is 0 Å². The lowest BCUT2D eigenvalue weighted by molar-refractivity contribution is 0.341. The monoisotopic (exact) mass is 469 g/mol. The first-order valence-corrected chi connectivity index (χ1v) is 10.8. The molecule has 1 saturated heterocycles. The highest BCUT2D eigenvalue weighted by atomic mass is 19.1. The summed E-state index contributed by atoms with van der Waals surface area (Å²) in [5, 5.41) is 3.30. The number of aromatic nitrogens is 2. The first-order valence-electron chi connectivity index (χ1n) is 10.8. The molecule has 4 aromatic rings. The van der Waals surface area contributed by atoms with Gasteiger partial charge in [0.25, 0.3) is 5.56 Å². The summed E-state index contributed by atoms with van der Waals surface area (Å²) in [7, 11) is 0. The second-order valence-corrected chi connectivity index (χ2v) is 8.05. The van der Waals surface area contributed by atoms with Crippen LogP contribution in [-0.2, 0) is 0 Å². The van der Waals surface area contributed by atoms with Crippen molar-refractivity contribution in [3.8, 4) is 28.3 Å². The average molecular weight is 469 g/mol. The molecule has 9 heteroatoms. The average Bonchev–Trinajstić information content (AvgIpc) is 3.26. The Morgan fingerprint density at radius 2 is 1.76 bits per heavy atom. The number of piperidine rings is 1. The van der Waals surface area contributed by atoms with Crippen LogP contribution < -0.4 is 10.9 Å².